The minimum absolute atomic E-state index is 0.0398. The van der Waals surface area contributed by atoms with Crippen molar-refractivity contribution >= 4 is 29.0 Å². The molecule has 4 rings (SSSR count). The van der Waals surface area contributed by atoms with E-state index in [0.29, 0.717) is 37.9 Å². The van der Waals surface area contributed by atoms with Crippen LogP contribution in [-0.4, -0.2) is 39.6 Å². The minimum atomic E-state index is -0.0537. The summed E-state index contributed by atoms with van der Waals surface area (Å²) >= 11 is 1.47. The van der Waals surface area contributed by atoms with Gasteiger partial charge in [0.25, 0.3) is 5.91 Å². The molecule has 6 nitrogen and oxygen atoms in total. The number of nitrogens with zero attached hydrogens (tertiary/aromatic N) is 3. The van der Waals surface area contributed by atoms with Crippen molar-refractivity contribution in [3.63, 3.8) is 0 Å². The van der Waals surface area contributed by atoms with Crippen molar-refractivity contribution in [2.24, 2.45) is 11.8 Å². The summed E-state index contributed by atoms with van der Waals surface area (Å²) in [6.07, 6.45) is 5.64. The molecule has 7 heteroatoms. The van der Waals surface area contributed by atoms with Crippen LogP contribution in [0.15, 0.2) is 29.8 Å². The number of hydrogen-bond acceptors (Lipinski definition) is 4. The molecule has 0 bridgehead atoms. The van der Waals surface area contributed by atoms with Gasteiger partial charge in [0.05, 0.1) is 17.1 Å². The predicted molar refractivity (Wildman–Crippen MR) is 101 cm³/mol. The number of thiophene rings is 1. The van der Waals surface area contributed by atoms with Gasteiger partial charge in [-0.2, -0.15) is 5.10 Å². The minimum Gasteiger partial charge on any atom is -0.338 e. The second-order valence-electron chi connectivity index (χ2n) is 7.27. The van der Waals surface area contributed by atoms with Gasteiger partial charge in [-0.15, -0.1) is 11.3 Å². The number of aromatic nitrogens is 2. The van der Waals surface area contributed by atoms with Crippen LogP contribution in [0.4, 0.5) is 5.82 Å². The largest absolute Gasteiger partial charge is 0.338 e. The molecule has 2 aromatic rings. The van der Waals surface area contributed by atoms with Crippen LogP contribution in [0.5, 0.6) is 0 Å². The summed E-state index contributed by atoms with van der Waals surface area (Å²) in [6, 6.07) is 5.94. The van der Waals surface area contributed by atoms with Crippen molar-refractivity contribution in [3.05, 3.63) is 34.7 Å². The van der Waals surface area contributed by atoms with Gasteiger partial charge in [-0.05, 0) is 50.0 Å². The van der Waals surface area contributed by atoms with Crippen LogP contribution in [0.1, 0.15) is 48.3 Å². The fourth-order valence-corrected chi connectivity index (χ4v) is 4.34. The molecule has 0 radical (unpaired) electrons. The molecule has 1 N–H and O–H groups in total. The Kier molecular flexibility index (Phi) is 4.80. The highest BCUT2D eigenvalue weighted by molar-refractivity contribution is 7.12. The molecule has 2 aliphatic rings. The first-order chi connectivity index (χ1) is 12.6. The van der Waals surface area contributed by atoms with Gasteiger partial charge in [0.15, 0.2) is 0 Å². The topological polar surface area (TPSA) is 67.2 Å². The number of hydrogen-bond donors (Lipinski definition) is 1. The van der Waals surface area contributed by atoms with Gasteiger partial charge in [-0.25, -0.2) is 4.68 Å². The van der Waals surface area contributed by atoms with E-state index in [2.05, 4.69) is 17.3 Å². The van der Waals surface area contributed by atoms with Crippen molar-refractivity contribution < 1.29 is 9.59 Å². The van der Waals surface area contributed by atoms with Gasteiger partial charge in [-0.3, -0.25) is 9.59 Å². The lowest BCUT2D eigenvalue weighted by molar-refractivity contribution is -0.121. The molecule has 1 atom stereocenters. The molecule has 3 heterocycles. The maximum atomic E-state index is 12.7. The molecule has 2 fully saturated rings. The highest BCUT2D eigenvalue weighted by atomic mass is 32.1. The SMILES string of the molecule is CC(C1CC1)n1nccc1NC(=O)C1CCN(C(=O)c2cccs2)CC1. The third-order valence-corrected chi connectivity index (χ3v) is 6.35. The molecule has 2 aromatic heterocycles. The van der Waals surface area contributed by atoms with Gasteiger partial charge in [0, 0.05) is 25.1 Å². The molecule has 1 saturated carbocycles. The van der Waals surface area contributed by atoms with Gasteiger partial charge < -0.3 is 10.2 Å². The van der Waals surface area contributed by atoms with Gasteiger partial charge in [0.1, 0.15) is 5.82 Å². The molecular weight excluding hydrogens is 348 g/mol. The molecular formula is C19H24N4O2S. The summed E-state index contributed by atoms with van der Waals surface area (Å²) in [5.74, 6) is 1.53. The van der Waals surface area contributed by atoms with E-state index in [0.717, 1.165) is 10.7 Å². The molecule has 1 unspecified atom stereocenters. The molecule has 1 aliphatic heterocycles. The lowest BCUT2D eigenvalue weighted by Crippen LogP contribution is -2.41. The molecule has 26 heavy (non-hydrogen) atoms. The summed E-state index contributed by atoms with van der Waals surface area (Å²) < 4.78 is 1.94. The van der Waals surface area contributed by atoms with E-state index < -0.39 is 0 Å². The molecule has 0 spiro atoms. The van der Waals surface area contributed by atoms with Crippen LogP contribution in [0, 0.1) is 11.8 Å². The number of amides is 2. The second kappa shape index (κ2) is 7.23. The molecule has 2 amide bonds. The third kappa shape index (κ3) is 3.53. The van der Waals surface area contributed by atoms with E-state index >= 15 is 0 Å². The van der Waals surface area contributed by atoms with Gasteiger partial charge in [-0.1, -0.05) is 6.07 Å². The Hall–Kier alpha value is -2.15. The first-order valence-electron chi connectivity index (χ1n) is 9.30. The number of anilines is 1. The number of carbonyl (C=O) groups excluding carboxylic acids is 2. The fraction of sp³-hybridized carbons (Fsp3) is 0.526. The Labute approximate surface area is 157 Å². The summed E-state index contributed by atoms with van der Waals surface area (Å²) in [5, 5.41) is 9.36. The van der Waals surface area contributed by atoms with Crippen molar-refractivity contribution in [1.29, 1.82) is 0 Å². The summed E-state index contributed by atoms with van der Waals surface area (Å²) in [5.41, 5.74) is 0. The van der Waals surface area contributed by atoms with Crippen molar-refractivity contribution in [3.8, 4) is 0 Å². The number of nitrogens with one attached hydrogen (secondary N) is 1. The number of rotatable bonds is 5. The zero-order chi connectivity index (χ0) is 18.1. The lowest BCUT2D eigenvalue weighted by atomic mass is 9.96. The van der Waals surface area contributed by atoms with E-state index in [1.54, 1.807) is 6.20 Å². The zero-order valence-electron chi connectivity index (χ0n) is 14.9. The Morgan fingerprint density at radius 3 is 2.65 bits per heavy atom. The second-order valence-corrected chi connectivity index (χ2v) is 8.22. The van der Waals surface area contributed by atoms with Crippen LogP contribution >= 0.6 is 11.3 Å². The standard InChI is InChI=1S/C19H24N4O2S/c1-13(14-4-5-14)23-17(6-9-20-23)21-18(24)15-7-10-22(11-8-15)19(25)16-3-2-12-26-16/h2-3,6,9,12-15H,4-5,7-8,10-11H2,1H3,(H,21,24). The summed E-state index contributed by atoms with van der Waals surface area (Å²) in [4.78, 5) is 27.7. The Balaban J connectivity index is 1.33. The molecule has 1 saturated heterocycles. The smallest absolute Gasteiger partial charge is 0.263 e. The van der Waals surface area contributed by atoms with Crippen LogP contribution < -0.4 is 5.32 Å². The average Bonchev–Trinajstić information content (AvgIpc) is 3.17. The van der Waals surface area contributed by atoms with E-state index in [4.69, 9.17) is 0 Å². The highest BCUT2D eigenvalue weighted by Crippen LogP contribution is 2.40. The fourth-order valence-electron chi connectivity index (χ4n) is 3.65. The zero-order valence-corrected chi connectivity index (χ0v) is 15.7. The normalized spacial score (nSPS) is 19.3. The monoisotopic (exact) mass is 372 g/mol. The molecule has 1 aliphatic carbocycles. The van der Waals surface area contributed by atoms with Gasteiger partial charge in [0.2, 0.25) is 5.91 Å². The molecule has 0 aromatic carbocycles. The molecule has 138 valence electrons. The van der Waals surface area contributed by atoms with E-state index in [-0.39, 0.29) is 17.7 Å². The average molecular weight is 372 g/mol. The van der Waals surface area contributed by atoms with Crippen molar-refractivity contribution in [2.45, 2.75) is 38.6 Å². The van der Waals surface area contributed by atoms with Crippen molar-refractivity contribution in [2.75, 3.05) is 18.4 Å². The van der Waals surface area contributed by atoms with E-state index in [1.807, 2.05) is 33.2 Å². The van der Waals surface area contributed by atoms with E-state index in [9.17, 15) is 9.59 Å². The predicted octanol–water partition coefficient (Wildman–Crippen LogP) is 3.41. The van der Waals surface area contributed by atoms with Crippen LogP contribution in [0.2, 0.25) is 0 Å². The van der Waals surface area contributed by atoms with Crippen LogP contribution in [0.25, 0.3) is 0 Å². The third-order valence-electron chi connectivity index (χ3n) is 5.50. The number of carbonyl (C=O) groups is 2. The number of likely N-dealkylation sites (tertiary alicyclic amines) is 1. The summed E-state index contributed by atoms with van der Waals surface area (Å²) in [6.45, 7) is 3.42. The van der Waals surface area contributed by atoms with Crippen LogP contribution in [-0.2, 0) is 4.79 Å². The van der Waals surface area contributed by atoms with E-state index in [1.165, 1.54) is 24.2 Å². The highest BCUT2D eigenvalue weighted by Gasteiger charge is 2.32. The number of piperidine rings is 1. The maximum absolute atomic E-state index is 12.7. The quantitative estimate of drug-likeness (QED) is 0.875. The van der Waals surface area contributed by atoms with Crippen LogP contribution in [0.3, 0.4) is 0 Å². The Bertz CT molecular complexity index is 773. The van der Waals surface area contributed by atoms with Crippen molar-refractivity contribution in [1.82, 2.24) is 14.7 Å². The van der Waals surface area contributed by atoms with Gasteiger partial charge >= 0.3 is 0 Å². The first kappa shape index (κ1) is 17.3. The Morgan fingerprint density at radius 2 is 2.00 bits per heavy atom. The first-order valence-corrected chi connectivity index (χ1v) is 10.2. The maximum Gasteiger partial charge on any atom is 0.263 e. The Morgan fingerprint density at radius 1 is 1.23 bits per heavy atom. The lowest BCUT2D eigenvalue weighted by Gasteiger charge is -2.31. The summed E-state index contributed by atoms with van der Waals surface area (Å²) in [7, 11) is 0.